The molecule has 0 saturated carbocycles. The molecule has 4 heterocycles. The number of nitrogens with one attached hydrogen (secondary N) is 1. The number of amides is 1. The zero-order valence-corrected chi connectivity index (χ0v) is 21.1. The number of benzene rings is 1. The zero-order chi connectivity index (χ0) is 25.1. The van der Waals surface area contributed by atoms with E-state index in [0.717, 1.165) is 12.5 Å². The number of nitrogens with zero attached hydrogens (tertiary/aromatic N) is 4. The van der Waals surface area contributed by atoms with Gasteiger partial charge in [-0.3, -0.25) is 4.79 Å². The lowest BCUT2D eigenvalue weighted by atomic mass is 9.99. The molecule has 0 bridgehead atoms. The van der Waals surface area contributed by atoms with Gasteiger partial charge in [-0.05, 0) is 46.5 Å². The monoisotopic (exact) mass is 505 g/mol. The minimum atomic E-state index is -1.04. The van der Waals surface area contributed by atoms with Crippen molar-refractivity contribution in [1.29, 1.82) is 0 Å². The van der Waals surface area contributed by atoms with Crippen LogP contribution in [0.5, 0.6) is 5.75 Å². The quantitative estimate of drug-likeness (QED) is 0.690. The van der Waals surface area contributed by atoms with Crippen molar-refractivity contribution in [1.82, 2.24) is 20.1 Å². The van der Waals surface area contributed by atoms with Gasteiger partial charge in [-0.25, -0.2) is 13.8 Å². The van der Waals surface area contributed by atoms with E-state index < -0.39 is 11.6 Å². The van der Waals surface area contributed by atoms with E-state index >= 15 is 0 Å². The molecule has 10 heteroatoms. The van der Waals surface area contributed by atoms with Crippen LogP contribution in [-0.4, -0.2) is 85.2 Å². The minimum absolute atomic E-state index is 0.00979. The van der Waals surface area contributed by atoms with E-state index in [9.17, 15) is 13.6 Å². The van der Waals surface area contributed by atoms with Gasteiger partial charge in [0, 0.05) is 43.3 Å². The van der Waals surface area contributed by atoms with Crippen LogP contribution in [0.1, 0.15) is 30.6 Å². The first-order valence-corrected chi connectivity index (χ1v) is 12.2. The highest BCUT2D eigenvalue weighted by molar-refractivity contribution is 6.35. The van der Waals surface area contributed by atoms with Crippen LogP contribution in [0.2, 0.25) is 5.02 Å². The van der Waals surface area contributed by atoms with Crippen LogP contribution < -0.4 is 15.0 Å². The van der Waals surface area contributed by atoms with Crippen LogP contribution in [-0.2, 0) is 0 Å². The molecule has 2 saturated heterocycles. The standard InChI is InChI=1S/C25H30ClF2N5O2/c1-25(2)10-14(31(3)4)12-33(25)23-18-22(35-13-15-11-29-8-9-32(15)24(18)34)19(26)21(30-23)16-6-5-7-17(27)20(16)28/h5-7,14-15,29H,8-13H2,1-4H3/t14-,15+/m0/s1. The molecule has 0 radical (unpaired) electrons. The smallest absolute Gasteiger partial charge is 0.261 e. The van der Waals surface area contributed by atoms with E-state index in [-0.39, 0.29) is 57.7 Å². The van der Waals surface area contributed by atoms with E-state index in [1.54, 1.807) is 4.90 Å². The summed E-state index contributed by atoms with van der Waals surface area (Å²) in [7, 11) is 4.04. The second kappa shape index (κ2) is 8.87. The molecule has 0 aliphatic carbocycles. The van der Waals surface area contributed by atoms with Gasteiger partial charge in [0.05, 0.1) is 11.7 Å². The highest BCUT2D eigenvalue weighted by atomic mass is 35.5. The molecule has 188 valence electrons. The van der Waals surface area contributed by atoms with Crippen molar-refractivity contribution in [3.8, 4) is 17.0 Å². The number of hydrogen-bond acceptors (Lipinski definition) is 6. The Bertz CT molecular complexity index is 1180. The lowest BCUT2D eigenvalue weighted by Crippen LogP contribution is -2.55. The number of halogens is 3. The van der Waals surface area contributed by atoms with Crippen molar-refractivity contribution >= 4 is 23.3 Å². The van der Waals surface area contributed by atoms with Crippen molar-refractivity contribution in [2.75, 3.05) is 51.8 Å². The lowest BCUT2D eigenvalue weighted by Gasteiger charge is -2.36. The Hall–Kier alpha value is -2.49. The van der Waals surface area contributed by atoms with E-state index in [1.807, 2.05) is 14.1 Å². The number of piperazine rings is 1. The van der Waals surface area contributed by atoms with Crippen molar-refractivity contribution in [2.45, 2.75) is 37.9 Å². The fraction of sp³-hybridized carbons (Fsp3) is 0.520. The first-order chi connectivity index (χ1) is 16.6. The Labute approximate surface area is 209 Å². The van der Waals surface area contributed by atoms with Crippen LogP contribution in [0.25, 0.3) is 11.3 Å². The number of anilines is 1. The summed E-state index contributed by atoms with van der Waals surface area (Å²) in [5, 5.41) is 3.31. The van der Waals surface area contributed by atoms with E-state index in [0.29, 0.717) is 32.0 Å². The van der Waals surface area contributed by atoms with Crippen LogP contribution in [0.15, 0.2) is 18.2 Å². The average molecular weight is 506 g/mol. The molecule has 1 N–H and O–H groups in total. The van der Waals surface area contributed by atoms with E-state index in [1.165, 1.54) is 12.1 Å². The van der Waals surface area contributed by atoms with Crippen molar-refractivity contribution in [2.24, 2.45) is 0 Å². The molecule has 7 nitrogen and oxygen atoms in total. The molecule has 2 aromatic rings. The van der Waals surface area contributed by atoms with E-state index in [2.05, 4.69) is 29.0 Å². The maximum absolute atomic E-state index is 14.9. The molecule has 3 aliphatic rings. The fourth-order valence-electron chi connectivity index (χ4n) is 5.35. The van der Waals surface area contributed by atoms with Crippen LogP contribution >= 0.6 is 11.6 Å². The van der Waals surface area contributed by atoms with Gasteiger partial charge < -0.3 is 24.8 Å². The number of pyridine rings is 1. The molecule has 2 fully saturated rings. The summed E-state index contributed by atoms with van der Waals surface area (Å²) in [5.74, 6) is -1.67. The third kappa shape index (κ3) is 4.03. The Balaban J connectivity index is 1.75. The van der Waals surface area contributed by atoms with Crippen molar-refractivity contribution < 1.29 is 18.3 Å². The van der Waals surface area contributed by atoms with Gasteiger partial charge in [0.25, 0.3) is 5.91 Å². The molecule has 3 aliphatic heterocycles. The Kier molecular flexibility index (Phi) is 6.14. The normalized spacial score (nSPS) is 23.7. The second-order valence-electron chi connectivity index (χ2n) is 10.3. The van der Waals surface area contributed by atoms with Gasteiger partial charge in [-0.15, -0.1) is 0 Å². The minimum Gasteiger partial charge on any atom is -0.489 e. The predicted octanol–water partition coefficient (Wildman–Crippen LogP) is 3.41. The van der Waals surface area contributed by atoms with Gasteiger partial charge >= 0.3 is 0 Å². The predicted molar refractivity (Wildman–Crippen MR) is 131 cm³/mol. The molecular weight excluding hydrogens is 476 g/mol. The number of carbonyl (C=O) groups is 1. The summed E-state index contributed by atoms with van der Waals surface area (Å²) in [4.78, 5) is 24.8. The van der Waals surface area contributed by atoms with Gasteiger partial charge in [-0.2, -0.15) is 0 Å². The number of ether oxygens (including phenoxy) is 1. The van der Waals surface area contributed by atoms with E-state index in [4.69, 9.17) is 21.3 Å². The molecule has 5 rings (SSSR count). The van der Waals surface area contributed by atoms with Crippen LogP contribution in [0.3, 0.4) is 0 Å². The summed E-state index contributed by atoms with van der Waals surface area (Å²) >= 11 is 6.76. The Morgan fingerprint density at radius 2 is 2.06 bits per heavy atom. The van der Waals surface area contributed by atoms with Gasteiger partial charge in [0.15, 0.2) is 17.4 Å². The maximum Gasteiger partial charge on any atom is 0.261 e. The second-order valence-corrected chi connectivity index (χ2v) is 10.7. The third-order valence-electron chi connectivity index (χ3n) is 7.37. The first-order valence-electron chi connectivity index (χ1n) is 11.9. The van der Waals surface area contributed by atoms with Crippen LogP contribution in [0, 0.1) is 11.6 Å². The molecule has 35 heavy (non-hydrogen) atoms. The number of rotatable bonds is 3. The molecule has 1 aromatic carbocycles. The molecule has 1 aromatic heterocycles. The molecule has 0 spiro atoms. The Morgan fingerprint density at radius 3 is 2.77 bits per heavy atom. The summed E-state index contributed by atoms with van der Waals surface area (Å²) in [6.45, 7) is 6.86. The topological polar surface area (TPSA) is 60.9 Å². The fourth-order valence-corrected chi connectivity index (χ4v) is 5.64. The average Bonchev–Trinajstić information content (AvgIpc) is 3.06. The van der Waals surface area contributed by atoms with Gasteiger partial charge in [-0.1, -0.05) is 17.7 Å². The maximum atomic E-state index is 14.9. The summed E-state index contributed by atoms with van der Waals surface area (Å²) in [6.07, 6.45) is 0.841. The van der Waals surface area contributed by atoms with Gasteiger partial charge in [0.1, 0.15) is 23.0 Å². The number of carbonyl (C=O) groups excluding carboxylic acids is 1. The van der Waals surface area contributed by atoms with Crippen LogP contribution in [0.4, 0.5) is 14.6 Å². The number of likely N-dealkylation sites (N-methyl/N-ethyl adjacent to an activating group) is 1. The van der Waals surface area contributed by atoms with Crippen molar-refractivity contribution in [3.63, 3.8) is 0 Å². The Morgan fingerprint density at radius 1 is 1.29 bits per heavy atom. The molecular formula is C25H30ClF2N5O2. The number of aromatic nitrogens is 1. The third-order valence-corrected chi connectivity index (χ3v) is 7.72. The highest BCUT2D eigenvalue weighted by Crippen LogP contribution is 2.46. The molecule has 1 amide bonds. The zero-order valence-electron chi connectivity index (χ0n) is 20.4. The molecule has 0 unspecified atom stereocenters. The van der Waals surface area contributed by atoms with Gasteiger partial charge in [0.2, 0.25) is 0 Å². The highest BCUT2D eigenvalue weighted by Gasteiger charge is 2.45. The summed E-state index contributed by atoms with van der Waals surface area (Å²) in [6, 6.07) is 3.96. The number of hydrogen-bond donors (Lipinski definition) is 1. The number of fused-ring (bicyclic) bond motifs is 2. The SMILES string of the molecule is CN(C)[C@@H]1CN(c2nc(-c3cccc(F)c3F)c(Cl)c3c2C(=O)N2CCNC[C@@H]2CO3)C(C)(C)C1. The largest absolute Gasteiger partial charge is 0.489 e. The first kappa shape index (κ1) is 24.2. The summed E-state index contributed by atoms with van der Waals surface area (Å²) in [5.41, 5.74) is -0.0730. The molecule has 2 atom stereocenters. The van der Waals surface area contributed by atoms with Crippen molar-refractivity contribution in [3.05, 3.63) is 40.4 Å². The summed E-state index contributed by atoms with van der Waals surface area (Å²) < 4.78 is 35.2. The lowest BCUT2D eigenvalue weighted by molar-refractivity contribution is 0.0606.